The minimum Gasteiger partial charge on any atom is -0.471 e. The third-order valence-electron chi connectivity index (χ3n) is 5.29. The quantitative estimate of drug-likeness (QED) is 0.568. The number of nitrogens with one attached hydrogen (secondary N) is 1. The molecule has 2 heterocycles. The summed E-state index contributed by atoms with van der Waals surface area (Å²) in [6, 6.07) is 5.32. The van der Waals surface area contributed by atoms with Crippen molar-refractivity contribution >= 4 is 39.8 Å². The third kappa shape index (κ3) is 4.45. The maximum Gasteiger partial charge on any atom is 0.276 e. The molecule has 1 aliphatic carbocycles. The molecular weight excluding hydrogens is 436 g/mol. The molecule has 0 fully saturated rings. The first-order valence-corrected chi connectivity index (χ1v) is 11.2. The zero-order valence-electron chi connectivity index (χ0n) is 17.3. The second kappa shape index (κ2) is 8.72. The number of nitrogens with zero attached hydrogens (tertiary/aromatic N) is 2. The van der Waals surface area contributed by atoms with Gasteiger partial charge in [-0.25, -0.2) is 4.68 Å². The highest BCUT2D eigenvalue weighted by molar-refractivity contribution is 7.17. The second-order valence-electron chi connectivity index (χ2n) is 7.62. The van der Waals surface area contributed by atoms with E-state index >= 15 is 0 Å². The molecule has 7 nitrogen and oxygen atoms in total. The Morgan fingerprint density at radius 3 is 2.68 bits per heavy atom. The van der Waals surface area contributed by atoms with Crippen molar-refractivity contribution in [3.8, 4) is 5.75 Å². The molecule has 4 rings (SSSR count). The van der Waals surface area contributed by atoms with Crippen LogP contribution in [-0.2, 0) is 19.6 Å². The fourth-order valence-corrected chi connectivity index (χ4v) is 5.17. The molecule has 1 aromatic carbocycles. The zero-order chi connectivity index (χ0) is 22.1. The Bertz CT molecular complexity index is 1140. The first kappa shape index (κ1) is 21.4. The van der Waals surface area contributed by atoms with Gasteiger partial charge in [-0.3, -0.25) is 9.59 Å². The number of carbonyl (C=O) groups excluding carboxylic acids is 2. The van der Waals surface area contributed by atoms with Crippen molar-refractivity contribution in [2.75, 3.05) is 5.32 Å². The van der Waals surface area contributed by atoms with Gasteiger partial charge in [0, 0.05) is 16.1 Å². The van der Waals surface area contributed by atoms with Crippen LogP contribution in [-0.4, -0.2) is 21.6 Å². The Labute approximate surface area is 189 Å². The minimum absolute atomic E-state index is 0.146. The molecule has 0 unspecified atom stereocenters. The van der Waals surface area contributed by atoms with Crippen molar-refractivity contribution < 1.29 is 14.3 Å². The Balaban J connectivity index is 1.46. The molecule has 0 aliphatic heterocycles. The summed E-state index contributed by atoms with van der Waals surface area (Å²) in [6.45, 7) is 3.98. The number of nitrogens with two attached hydrogens (primary N) is 1. The smallest absolute Gasteiger partial charge is 0.276 e. The van der Waals surface area contributed by atoms with Crippen LogP contribution in [0.5, 0.6) is 5.75 Å². The van der Waals surface area contributed by atoms with Crippen LogP contribution in [0.25, 0.3) is 0 Å². The fraction of sp³-hybridized carbons (Fsp3) is 0.318. The number of ether oxygens (including phenoxy) is 1. The van der Waals surface area contributed by atoms with Crippen LogP contribution >= 0.6 is 22.9 Å². The summed E-state index contributed by atoms with van der Waals surface area (Å²) < 4.78 is 7.31. The molecular formula is C22H23ClN4O3S. The average Bonchev–Trinajstić information content (AvgIpc) is 3.34. The van der Waals surface area contributed by atoms with E-state index < -0.39 is 11.8 Å². The number of thiophene rings is 1. The van der Waals surface area contributed by atoms with Crippen molar-refractivity contribution in [2.45, 2.75) is 46.3 Å². The van der Waals surface area contributed by atoms with Crippen LogP contribution in [0.3, 0.4) is 0 Å². The van der Waals surface area contributed by atoms with Crippen molar-refractivity contribution in [1.82, 2.24) is 9.78 Å². The molecule has 2 amide bonds. The van der Waals surface area contributed by atoms with Gasteiger partial charge < -0.3 is 15.8 Å². The van der Waals surface area contributed by atoms with Gasteiger partial charge in [-0.2, -0.15) is 5.10 Å². The number of halogens is 1. The molecule has 9 heteroatoms. The molecule has 31 heavy (non-hydrogen) atoms. The lowest BCUT2D eigenvalue weighted by molar-refractivity contribution is 0.100. The van der Waals surface area contributed by atoms with Crippen molar-refractivity contribution in [3.63, 3.8) is 0 Å². The number of anilines is 1. The van der Waals surface area contributed by atoms with Gasteiger partial charge in [0.2, 0.25) is 0 Å². The number of aromatic nitrogens is 2. The van der Waals surface area contributed by atoms with Crippen molar-refractivity contribution in [2.24, 2.45) is 5.73 Å². The number of carbonyl (C=O) groups is 2. The fourth-order valence-electron chi connectivity index (χ4n) is 3.77. The molecule has 162 valence electrons. The van der Waals surface area contributed by atoms with Crippen LogP contribution in [0, 0.1) is 13.8 Å². The van der Waals surface area contributed by atoms with Gasteiger partial charge in [0.25, 0.3) is 11.8 Å². The molecule has 0 bridgehead atoms. The predicted molar refractivity (Wildman–Crippen MR) is 121 cm³/mol. The normalized spacial score (nSPS) is 13.0. The van der Waals surface area contributed by atoms with E-state index in [1.54, 1.807) is 12.3 Å². The van der Waals surface area contributed by atoms with Gasteiger partial charge in [-0.05, 0) is 74.4 Å². The monoisotopic (exact) mass is 458 g/mol. The lowest BCUT2D eigenvalue weighted by Crippen LogP contribution is -2.19. The lowest BCUT2D eigenvalue weighted by Gasteiger charge is -2.11. The van der Waals surface area contributed by atoms with Crippen LogP contribution in [0.4, 0.5) is 5.00 Å². The van der Waals surface area contributed by atoms with Crippen LogP contribution < -0.4 is 15.8 Å². The van der Waals surface area contributed by atoms with Crippen molar-refractivity contribution in [3.05, 3.63) is 62.2 Å². The number of primary amides is 1. The number of hydrogen-bond acceptors (Lipinski definition) is 5. The molecule has 2 aromatic heterocycles. The SMILES string of the molecule is Cc1cc(OCn2ccc(C(=O)Nc3sc4c(c3C(N)=O)CCCC4)n2)cc(C)c1Cl. The molecule has 0 saturated heterocycles. The molecule has 3 N–H and O–H groups in total. The topological polar surface area (TPSA) is 99.2 Å². The molecule has 0 atom stereocenters. The average molecular weight is 459 g/mol. The van der Waals surface area contributed by atoms with Crippen LogP contribution in [0.2, 0.25) is 5.02 Å². The van der Waals surface area contributed by atoms with E-state index in [1.807, 2.05) is 26.0 Å². The summed E-state index contributed by atoms with van der Waals surface area (Å²) in [5.74, 6) is -0.226. The Morgan fingerprint density at radius 2 is 1.97 bits per heavy atom. The minimum atomic E-state index is -0.512. The largest absolute Gasteiger partial charge is 0.471 e. The zero-order valence-corrected chi connectivity index (χ0v) is 18.9. The molecule has 0 saturated carbocycles. The van der Waals surface area contributed by atoms with Gasteiger partial charge >= 0.3 is 0 Å². The highest BCUT2D eigenvalue weighted by Crippen LogP contribution is 2.38. The number of fused-ring (bicyclic) bond motifs is 1. The van der Waals surface area contributed by atoms with Crippen molar-refractivity contribution in [1.29, 1.82) is 0 Å². The maximum atomic E-state index is 12.7. The molecule has 0 spiro atoms. The van der Waals surface area contributed by atoms with E-state index in [0.717, 1.165) is 52.3 Å². The van der Waals surface area contributed by atoms with Gasteiger partial charge in [0.05, 0.1) is 5.56 Å². The van der Waals surface area contributed by atoms with Gasteiger partial charge in [-0.15, -0.1) is 11.3 Å². The predicted octanol–water partition coefficient (Wildman–Crippen LogP) is 4.48. The summed E-state index contributed by atoms with van der Waals surface area (Å²) >= 11 is 7.62. The van der Waals surface area contributed by atoms with E-state index in [0.29, 0.717) is 16.3 Å². The lowest BCUT2D eigenvalue weighted by atomic mass is 9.95. The van der Waals surface area contributed by atoms with Gasteiger partial charge in [0.1, 0.15) is 10.8 Å². The van der Waals surface area contributed by atoms with Gasteiger partial charge in [-0.1, -0.05) is 11.6 Å². The van der Waals surface area contributed by atoms with Crippen LogP contribution in [0.1, 0.15) is 55.3 Å². The number of aryl methyl sites for hydroxylation is 3. The Kier molecular flexibility index (Phi) is 6.02. The third-order valence-corrected chi connectivity index (χ3v) is 7.09. The Hall–Kier alpha value is -2.84. The molecule has 0 radical (unpaired) electrons. The van der Waals surface area contributed by atoms with E-state index in [2.05, 4.69) is 10.4 Å². The van der Waals surface area contributed by atoms with E-state index in [1.165, 1.54) is 16.0 Å². The number of hydrogen-bond donors (Lipinski definition) is 2. The maximum absolute atomic E-state index is 12.7. The number of rotatable bonds is 6. The number of benzene rings is 1. The first-order chi connectivity index (χ1) is 14.8. The highest BCUT2D eigenvalue weighted by Gasteiger charge is 2.25. The van der Waals surface area contributed by atoms with Crippen LogP contribution in [0.15, 0.2) is 24.4 Å². The van der Waals surface area contributed by atoms with E-state index in [-0.39, 0.29) is 12.4 Å². The summed E-state index contributed by atoms with van der Waals surface area (Å²) in [5.41, 5.74) is 9.11. The van der Waals surface area contributed by atoms with E-state index in [9.17, 15) is 9.59 Å². The Morgan fingerprint density at radius 1 is 1.26 bits per heavy atom. The summed E-state index contributed by atoms with van der Waals surface area (Å²) in [7, 11) is 0. The summed E-state index contributed by atoms with van der Waals surface area (Å²) in [5, 5.41) is 8.32. The standard InChI is InChI=1S/C22H23ClN4O3S/c1-12-9-14(10-13(2)19(12)23)30-11-27-8-7-16(26-27)21(29)25-22-18(20(24)28)15-5-3-4-6-17(15)31-22/h7-10H,3-6,11H2,1-2H3,(H2,24,28)(H,25,29). The first-order valence-electron chi connectivity index (χ1n) is 10.0. The molecule has 1 aliphatic rings. The second-order valence-corrected chi connectivity index (χ2v) is 9.10. The summed E-state index contributed by atoms with van der Waals surface area (Å²) in [4.78, 5) is 25.9. The molecule has 3 aromatic rings. The number of amides is 2. The van der Waals surface area contributed by atoms with Gasteiger partial charge in [0.15, 0.2) is 12.4 Å². The van der Waals surface area contributed by atoms with E-state index in [4.69, 9.17) is 22.1 Å². The highest BCUT2D eigenvalue weighted by atomic mass is 35.5. The summed E-state index contributed by atoms with van der Waals surface area (Å²) in [6.07, 6.45) is 5.49.